The zero-order chi connectivity index (χ0) is 17.4. The Hall–Kier alpha value is -2.06. The third-order valence-electron chi connectivity index (χ3n) is 6.07. The van der Waals surface area contributed by atoms with Crippen LogP contribution in [0.15, 0.2) is 24.3 Å². The van der Waals surface area contributed by atoms with Gasteiger partial charge in [0.15, 0.2) is 0 Å². The van der Waals surface area contributed by atoms with E-state index in [1.54, 1.807) is 17.0 Å². The molecule has 1 aromatic carbocycles. The highest BCUT2D eigenvalue weighted by Crippen LogP contribution is 2.38. The van der Waals surface area contributed by atoms with E-state index in [9.17, 15) is 4.79 Å². The fourth-order valence-electron chi connectivity index (χ4n) is 4.56. The number of carbonyl (C=O) groups is 1. The summed E-state index contributed by atoms with van der Waals surface area (Å²) >= 11 is 0. The number of rotatable bonds is 2. The lowest BCUT2D eigenvalue weighted by molar-refractivity contribution is 0.0307. The van der Waals surface area contributed by atoms with Crippen molar-refractivity contribution in [1.82, 2.24) is 9.80 Å². The van der Waals surface area contributed by atoms with Gasteiger partial charge in [-0.05, 0) is 68.8 Å². The molecule has 5 nitrogen and oxygen atoms in total. The Morgan fingerprint density at radius 3 is 2.60 bits per heavy atom. The first kappa shape index (κ1) is 16.4. The number of hydrogen-bond acceptors (Lipinski definition) is 3. The molecule has 0 radical (unpaired) electrons. The van der Waals surface area contributed by atoms with Gasteiger partial charge in [0.2, 0.25) is 0 Å². The van der Waals surface area contributed by atoms with Crippen molar-refractivity contribution >= 4 is 11.7 Å². The summed E-state index contributed by atoms with van der Waals surface area (Å²) in [6, 6.07) is 10.9. The number of carbonyl (C=O) groups excluding carboxylic acids is 1. The Labute approximate surface area is 149 Å². The molecule has 1 saturated carbocycles. The number of urea groups is 1. The number of benzene rings is 1. The molecule has 2 aliphatic heterocycles. The molecule has 0 bridgehead atoms. The maximum absolute atomic E-state index is 12.9. The third kappa shape index (κ3) is 3.23. The summed E-state index contributed by atoms with van der Waals surface area (Å²) in [6.07, 6.45) is 6.36. The summed E-state index contributed by atoms with van der Waals surface area (Å²) < 4.78 is 0. The van der Waals surface area contributed by atoms with Gasteiger partial charge in [0, 0.05) is 37.9 Å². The molecule has 0 spiro atoms. The maximum atomic E-state index is 12.9. The molecule has 132 valence electrons. The van der Waals surface area contributed by atoms with E-state index in [0.29, 0.717) is 17.5 Å². The van der Waals surface area contributed by atoms with Crippen molar-refractivity contribution in [2.24, 2.45) is 5.92 Å². The maximum Gasteiger partial charge on any atom is 0.324 e. The summed E-state index contributed by atoms with van der Waals surface area (Å²) in [5.74, 6) is 0.626. The van der Waals surface area contributed by atoms with E-state index < -0.39 is 0 Å². The molecule has 2 unspecified atom stereocenters. The summed E-state index contributed by atoms with van der Waals surface area (Å²) in [6.45, 7) is 2.99. The number of likely N-dealkylation sites (tertiary alicyclic amines) is 2. The lowest BCUT2D eigenvalue weighted by Crippen LogP contribution is -2.57. The van der Waals surface area contributed by atoms with E-state index in [-0.39, 0.29) is 6.03 Å². The predicted molar refractivity (Wildman–Crippen MR) is 97.4 cm³/mol. The van der Waals surface area contributed by atoms with Gasteiger partial charge in [-0.1, -0.05) is 0 Å². The number of amides is 2. The Bertz CT molecular complexity index is 676. The summed E-state index contributed by atoms with van der Waals surface area (Å²) in [5.41, 5.74) is 1.46. The molecule has 4 rings (SSSR count). The van der Waals surface area contributed by atoms with Crippen molar-refractivity contribution in [3.05, 3.63) is 29.8 Å². The topological polar surface area (TPSA) is 50.6 Å². The van der Waals surface area contributed by atoms with Gasteiger partial charge in [0.1, 0.15) is 0 Å². The fourth-order valence-corrected chi connectivity index (χ4v) is 4.56. The van der Waals surface area contributed by atoms with Gasteiger partial charge >= 0.3 is 6.03 Å². The average Bonchev–Trinajstić information content (AvgIpc) is 3.51. The highest BCUT2D eigenvalue weighted by molar-refractivity contribution is 5.91. The Morgan fingerprint density at radius 2 is 1.92 bits per heavy atom. The lowest BCUT2D eigenvalue weighted by Gasteiger charge is -2.48. The van der Waals surface area contributed by atoms with Crippen LogP contribution >= 0.6 is 0 Å². The van der Waals surface area contributed by atoms with E-state index in [0.717, 1.165) is 31.2 Å². The van der Waals surface area contributed by atoms with E-state index >= 15 is 0 Å². The van der Waals surface area contributed by atoms with Crippen LogP contribution in [0.4, 0.5) is 10.5 Å². The largest absolute Gasteiger partial charge is 0.324 e. The minimum absolute atomic E-state index is 0.0757. The number of piperidine rings is 2. The van der Waals surface area contributed by atoms with Gasteiger partial charge in [-0.2, -0.15) is 5.26 Å². The van der Waals surface area contributed by atoms with E-state index in [2.05, 4.69) is 11.0 Å². The van der Waals surface area contributed by atoms with Crippen LogP contribution in [0, 0.1) is 17.2 Å². The van der Waals surface area contributed by atoms with Crippen molar-refractivity contribution < 1.29 is 4.79 Å². The van der Waals surface area contributed by atoms with Gasteiger partial charge < -0.3 is 4.90 Å². The number of nitrogens with zero attached hydrogens (tertiary/aromatic N) is 4. The second-order valence-corrected chi connectivity index (χ2v) is 7.67. The quantitative estimate of drug-likeness (QED) is 0.833. The highest BCUT2D eigenvalue weighted by Gasteiger charge is 2.42. The van der Waals surface area contributed by atoms with E-state index in [1.165, 1.54) is 32.2 Å². The normalized spacial score (nSPS) is 26.6. The molecule has 2 heterocycles. The number of nitriles is 1. The van der Waals surface area contributed by atoms with Crippen LogP contribution in [0.3, 0.4) is 0 Å². The van der Waals surface area contributed by atoms with E-state index in [4.69, 9.17) is 5.26 Å². The van der Waals surface area contributed by atoms with Gasteiger partial charge in [-0.3, -0.25) is 9.80 Å². The average molecular weight is 338 g/mol. The second kappa shape index (κ2) is 6.68. The lowest BCUT2D eigenvalue weighted by atomic mass is 9.83. The molecule has 0 aromatic heterocycles. The Kier molecular flexibility index (Phi) is 4.39. The molecule has 25 heavy (non-hydrogen) atoms. The molecule has 3 fully saturated rings. The second-order valence-electron chi connectivity index (χ2n) is 7.67. The summed E-state index contributed by atoms with van der Waals surface area (Å²) in [4.78, 5) is 19.4. The number of hydrogen-bond donors (Lipinski definition) is 0. The zero-order valence-electron chi connectivity index (χ0n) is 14.9. The molecule has 1 aliphatic carbocycles. The first-order valence-electron chi connectivity index (χ1n) is 9.46. The Balaban J connectivity index is 1.41. The molecule has 3 aliphatic rings. The van der Waals surface area contributed by atoms with Crippen molar-refractivity contribution in [2.45, 2.75) is 44.2 Å². The fraction of sp³-hybridized carbons (Fsp3) is 0.600. The van der Waals surface area contributed by atoms with Crippen LogP contribution in [0.25, 0.3) is 0 Å². The monoisotopic (exact) mass is 338 g/mol. The van der Waals surface area contributed by atoms with Crippen LogP contribution in [0.5, 0.6) is 0 Å². The standard InChI is InChI=1S/C20H26N4O/c1-22(17-6-4-15(13-21)5-7-17)20(25)23-12-10-19-16(14-23)3-2-11-24(19)18-8-9-18/h4-7,16,18-19H,2-3,8-12,14H2,1H3. The van der Waals surface area contributed by atoms with Gasteiger partial charge in [-0.15, -0.1) is 0 Å². The van der Waals surface area contributed by atoms with Crippen molar-refractivity contribution in [1.29, 1.82) is 5.26 Å². The number of fused-ring (bicyclic) bond motifs is 1. The predicted octanol–water partition coefficient (Wildman–Crippen LogP) is 3.06. The van der Waals surface area contributed by atoms with Crippen molar-refractivity contribution in [3.8, 4) is 6.07 Å². The summed E-state index contributed by atoms with van der Waals surface area (Å²) in [7, 11) is 1.83. The van der Waals surface area contributed by atoms with Crippen molar-refractivity contribution in [3.63, 3.8) is 0 Å². The molecule has 2 amide bonds. The number of anilines is 1. The first-order valence-corrected chi connectivity index (χ1v) is 9.46. The molecule has 2 atom stereocenters. The molecule has 5 heteroatoms. The molecular weight excluding hydrogens is 312 g/mol. The minimum atomic E-state index is 0.0757. The van der Waals surface area contributed by atoms with Crippen LogP contribution in [-0.2, 0) is 0 Å². The third-order valence-corrected chi connectivity index (χ3v) is 6.07. The zero-order valence-corrected chi connectivity index (χ0v) is 14.9. The molecular formula is C20H26N4O. The minimum Gasteiger partial charge on any atom is -0.324 e. The molecule has 1 aromatic rings. The van der Waals surface area contributed by atoms with Gasteiger partial charge in [0.05, 0.1) is 11.6 Å². The highest BCUT2D eigenvalue weighted by atomic mass is 16.2. The smallest absolute Gasteiger partial charge is 0.324 e. The van der Waals surface area contributed by atoms with E-state index in [1.807, 2.05) is 24.1 Å². The summed E-state index contributed by atoms with van der Waals surface area (Å²) in [5, 5.41) is 8.91. The first-order chi connectivity index (χ1) is 12.2. The molecule has 2 saturated heterocycles. The molecule has 0 N–H and O–H groups in total. The van der Waals surface area contributed by atoms with Crippen LogP contribution in [-0.4, -0.2) is 54.6 Å². The van der Waals surface area contributed by atoms with Crippen LogP contribution in [0.1, 0.15) is 37.7 Å². The van der Waals surface area contributed by atoms with Crippen molar-refractivity contribution in [2.75, 3.05) is 31.6 Å². The van der Waals surface area contributed by atoms with Crippen LogP contribution < -0.4 is 4.90 Å². The SMILES string of the molecule is CN(C(=O)N1CCC2C(CCCN2C2CC2)C1)c1ccc(C#N)cc1. The van der Waals surface area contributed by atoms with Crippen LogP contribution in [0.2, 0.25) is 0 Å². The van der Waals surface area contributed by atoms with Gasteiger partial charge in [-0.25, -0.2) is 4.79 Å². The Morgan fingerprint density at radius 1 is 1.16 bits per heavy atom. The van der Waals surface area contributed by atoms with Gasteiger partial charge in [0.25, 0.3) is 0 Å².